The van der Waals surface area contributed by atoms with Crippen molar-refractivity contribution in [2.75, 3.05) is 13.1 Å². The van der Waals surface area contributed by atoms with Crippen molar-refractivity contribution >= 4 is 17.6 Å². The second kappa shape index (κ2) is 12.6. The lowest BCUT2D eigenvalue weighted by molar-refractivity contribution is -0.117. The first kappa shape index (κ1) is 26.4. The topological polar surface area (TPSA) is 70.6 Å². The molecule has 0 unspecified atom stereocenters. The van der Waals surface area contributed by atoms with Gasteiger partial charge >= 0.3 is 0 Å². The Hall–Kier alpha value is -4.19. The number of hydrogen-bond donors (Lipinski definition) is 3. The van der Waals surface area contributed by atoms with Crippen LogP contribution in [0.5, 0.6) is 11.5 Å². The minimum absolute atomic E-state index is 0.250. The maximum atomic E-state index is 13.8. The Morgan fingerprint density at radius 1 is 0.795 bits per heavy atom. The van der Waals surface area contributed by atoms with Crippen molar-refractivity contribution in [2.24, 2.45) is 0 Å². The average Bonchev–Trinajstić information content (AvgIpc) is 3.14. The van der Waals surface area contributed by atoms with Crippen molar-refractivity contribution in [2.45, 2.75) is 31.4 Å². The average molecular weight is 519 g/mol. The highest BCUT2D eigenvalue weighted by Gasteiger charge is 2.26. The summed E-state index contributed by atoms with van der Waals surface area (Å²) in [6.07, 6.45) is 1.58. The maximum absolute atomic E-state index is 13.8. The molecule has 0 bridgehead atoms. The Morgan fingerprint density at radius 3 is 2.21 bits per heavy atom. The fourth-order valence-corrected chi connectivity index (χ4v) is 4.90. The van der Waals surface area contributed by atoms with Gasteiger partial charge in [-0.3, -0.25) is 4.79 Å². The molecule has 5 heteroatoms. The van der Waals surface area contributed by atoms with Crippen LogP contribution in [0.1, 0.15) is 35.1 Å². The van der Waals surface area contributed by atoms with Crippen LogP contribution in [0, 0.1) is 0 Å². The Kier molecular flexibility index (Phi) is 8.51. The zero-order valence-corrected chi connectivity index (χ0v) is 22.1. The molecule has 0 spiro atoms. The van der Waals surface area contributed by atoms with Crippen LogP contribution in [0.3, 0.4) is 0 Å². The smallest absolute Gasteiger partial charge is 0.252 e. The third kappa shape index (κ3) is 6.63. The van der Waals surface area contributed by atoms with Gasteiger partial charge in [0.05, 0.1) is 17.7 Å². The molecule has 0 radical (unpaired) electrons. The first-order chi connectivity index (χ1) is 19.1. The molecule has 0 saturated heterocycles. The summed E-state index contributed by atoms with van der Waals surface area (Å²) in [7, 11) is 0. The third-order valence-corrected chi connectivity index (χ3v) is 7.11. The van der Waals surface area contributed by atoms with Gasteiger partial charge in [-0.2, -0.15) is 0 Å². The van der Waals surface area contributed by atoms with E-state index >= 15 is 0 Å². The van der Waals surface area contributed by atoms with Crippen molar-refractivity contribution in [3.63, 3.8) is 0 Å². The normalized spacial score (nSPS) is 14.5. The molecule has 0 fully saturated rings. The van der Waals surface area contributed by atoms with Gasteiger partial charge in [-0.15, -0.1) is 0 Å². The Morgan fingerprint density at radius 2 is 1.44 bits per heavy atom. The summed E-state index contributed by atoms with van der Waals surface area (Å²) in [4.78, 5) is 13.8. The zero-order chi connectivity index (χ0) is 27.0. The first-order valence-electron chi connectivity index (χ1n) is 13.4. The Bertz CT molecular complexity index is 1420. The van der Waals surface area contributed by atoms with E-state index in [0.717, 1.165) is 17.7 Å². The van der Waals surface area contributed by atoms with Crippen LogP contribution in [0.4, 0.5) is 0 Å². The number of aliphatic hydroxyl groups is 1. The number of hydrogen-bond acceptors (Lipinski definition) is 4. The molecule has 4 aromatic carbocycles. The Balaban J connectivity index is 1.35. The van der Waals surface area contributed by atoms with Gasteiger partial charge in [0, 0.05) is 24.2 Å². The van der Waals surface area contributed by atoms with Crippen molar-refractivity contribution in [1.82, 2.24) is 10.6 Å². The largest absolute Gasteiger partial charge is 0.456 e. The summed E-state index contributed by atoms with van der Waals surface area (Å²) < 4.78 is 6.15. The number of amides is 1. The van der Waals surface area contributed by atoms with E-state index in [4.69, 9.17) is 4.74 Å². The molecular formula is C34H34N2O3. The van der Waals surface area contributed by atoms with Gasteiger partial charge in [0.2, 0.25) is 0 Å². The first-order valence-corrected chi connectivity index (χ1v) is 13.4. The molecule has 1 heterocycles. The highest BCUT2D eigenvalue weighted by atomic mass is 16.5. The summed E-state index contributed by atoms with van der Waals surface area (Å²) in [5, 5.41) is 17.8. The second-order valence-corrected chi connectivity index (χ2v) is 10.0. The molecule has 3 N–H and O–H groups in total. The van der Waals surface area contributed by atoms with Crippen molar-refractivity contribution in [3.05, 3.63) is 131 Å². The molecule has 1 aliphatic heterocycles. The number of benzene rings is 4. The van der Waals surface area contributed by atoms with Crippen LogP contribution in [-0.2, 0) is 11.2 Å². The van der Waals surface area contributed by atoms with Crippen molar-refractivity contribution < 1.29 is 14.6 Å². The summed E-state index contributed by atoms with van der Waals surface area (Å²) in [6.45, 7) is 3.24. The van der Waals surface area contributed by atoms with E-state index in [2.05, 4.69) is 29.7 Å². The summed E-state index contributed by atoms with van der Waals surface area (Å²) in [6, 6.07) is 35.0. The minimum atomic E-state index is -0.790. The van der Waals surface area contributed by atoms with Crippen LogP contribution in [0.15, 0.2) is 109 Å². The summed E-state index contributed by atoms with van der Waals surface area (Å²) >= 11 is 0. The van der Waals surface area contributed by atoms with E-state index in [0.29, 0.717) is 41.5 Å². The van der Waals surface area contributed by atoms with E-state index in [1.807, 2.05) is 103 Å². The number of carbonyl (C=O) groups is 1. The maximum Gasteiger partial charge on any atom is 0.252 e. The fourth-order valence-electron chi connectivity index (χ4n) is 4.90. The van der Waals surface area contributed by atoms with Crippen molar-refractivity contribution in [3.8, 4) is 11.5 Å². The van der Waals surface area contributed by atoms with E-state index in [-0.39, 0.29) is 5.91 Å². The van der Waals surface area contributed by atoms with Crippen LogP contribution >= 0.6 is 0 Å². The molecule has 5 nitrogen and oxygen atoms in total. The quantitative estimate of drug-likeness (QED) is 0.248. The molecule has 198 valence electrons. The lowest BCUT2D eigenvalue weighted by atomic mass is 9.97. The SMILES string of the molecule is C[C@@H](CNC[C@H](O)[C@H](Cc1ccccc1)NC(=O)C1=Cc2ccccc2Oc2ccccc21)c1ccccc1. The van der Waals surface area contributed by atoms with Gasteiger partial charge in [0.25, 0.3) is 5.91 Å². The van der Waals surface area contributed by atoms with Crippen molar-refractivity contribution in [1.29, 1.82) is 0 Å². The molecular weight excluding hydrogens is 484 g/mol. The van der Waals surface area contributed by atoms with E-state index in [9.17, 15) is 9.90 Å². The fraction of sp³-hybridized carbons (Fsp3) is 0.206. The van der Waals surface area contributed by atoms with Gasteiger partial charge in [-0.1, -0.05) is 104 Å². The number of para-hydroxylation sites is 2. The number of carbonyl (C=O) groups excluding carboxylic acids is 1. The number of aliphatic hydroxyl groups excluding tert-OH is 1. The number of ether oxygens (including phenoxy) is 1. The molecule has 1 amide bonds. The predicted octanol–water partition coefficient (Wildman–Crippen LogP) is 5.81. The zero-order valence-electron chi connectivity index (χ0n) is 22.1. The highest BCUT2D eigenvalue weighted by molar-refractivity contribution is 6.25. The van der Waals surface area contributed by atoms with E-state index in [1.165, 1.54) is 5.56 Å². The highest BCUT2D eigenvalue weighted by Crippen LogP contribution is 2.37. The van der Waals surface area contributed by atoms with Crippen LogP contribution in [-0.4, -0.2) is 36.2 Å². The number of fused-ring (bicyclic) bond motifs is 2. The van der Waals surface area contributed by atoms with E-state index in [1.54, 1.807) is 0 Å². The van der Waals surface area contributed by atoms with Gasteiger partial charge < -0.3 is 20.5 Å². The lowest BCUT2D eigenvalue weighted by Gasteiger charge is -2.26. The molecule has 5 rings (SSSR count). The van der Waals surface area contributed by atoms with Crippen LogP contribution < -0.4 is 15.4 Å². The number of nitrogens with one attached hydrogen (secondary N) is 2. The molecule has 4 aromatic rings. The van der Waals surface area contributed by atoms with E-state index < -0.39 is 12.1 Å². The number of rotatable bonds is 10. The Labute approximate surface area is 230 Å². The molecule has 3 atom stereocenters. The second-order valence-electron chi connectivity index (χ2n) is 10.0. The molecule has 0 aliphatic carbocycles. The van der Waals surface area contributed by atoms with Gasteiger partial charge in [0.15, 0.2) is 0 Å². The molecule has 39 heavy (non-hydrogen) atoms. The standard InChI is InChI=1S/C34H34N2O3/c1-24(26-14-6-3-7-15-26)22-35-23-31(37)30(20-25-12-4-2-5-13-25)36-34(38)29-21-27-16-8-10-18-32(27)39-33-19-11-9-17-28(29)33/h2-19,21,24,30-31,35,37H,20,22-23H2,1H3,(H,36,38)/t24-,30-,31-/m0/s1. The monoisotopic (exact) mass is 518 g/mol. The van der Waals surface area contributed by atoms with Gasteiger partial charge in [-0.05, 0) is 41.7 Å². The predicted molar refractivity (Wildman–Crippen MR) is 157 cm³/mol. The minimum Gasteiger partial charge on any atom is -0.456 e. The van der Waals surface area contributed by atoms with Gasteiger partial charge in [-0.25, -0.2) is 0 Å². The molecule has 0 saturated carbocycles. The lowest BCUT2D eigenvalue weighted by Crippen LogP contribution is -2.49. The molecule has 1 aliphatic rings. The van der Waals surface area contributed by atoms with Gasteiger partial charge in [0.1, 0.15) is 11.5 Å². The van der Waals surface area contributed by atoms with Crippen LogP contribution in [0.25, 0.3) is 11.6 Å². The third-order valence-electron chi connectivity index (χ3n) is 7.11. The summed E-state index contributed by atoms with van der Waals surface area (Å²) in [5.74, 6) is 1.37. The van der Waals surface area contributed by atoms with Crippen LogP contribution in [0.2, 0.25) is 0 Å². The molecule has 0 aromatic heterocycles. The summed E-state index contributed by atoms with van der Waals surface area (Å²) in [5.41, 5.74) is 4.34.